The summed E-state index contributed by atoms with van der Waals surface area (Å²) in [5, 5.41) is 3.10. The second kappa shape index (κ2) is 6.91. The third-order valence-corrected chi connectivity index (χ3v) is 2.43. The summed E-state index contributed by atoms with van der Waals surface area (Å²) in [4.78, 5) is 22.3. The van der Waals surface area contributed by atoms with Gasteiger partial charge in [-0.05, 0) is 17.7 Å². The summed E-state index contributed by atoms with van der Waals surface area (Å²) >= 11 is 5.74. The molecule has 0 aliphatic rings. The van der Waals surface area contributed by atoms with Crippen LogP contribution in [-0.4, -0.2) is 25.5 Å². The van der Waals surface area contributed by atoms with Gasteiger partial charge in [-0.15, -0.1) is 0 Å². The number of hydrogen-bond donors (Lipinski definition) is 1. The highest BCUT2D eigenvalue weighted by molar-refractivity contribution is 6.30. The highest BCUT2D eigenvalue weighted by atomic mass is 35.5. The molecule has 0 atom stereocenters. The van der Waals surface area contributed by atoms with Crippen LogP contribution in [0.25, 0.3) is 0 Å². The number of benzene rings is 1. The van der Waals surface area contributed by atoms with Gasteiger partial charge >= 0.3 is 6.09 Å². The van der Waals surface area contributed by atoms with E-state index in [9.17, 15) is 9.59 Å². The van der Waals surface area contributed by atoms with Gasteiger partial charge in [0.1, 0.15) is 5.78 Å². The lowest BCUT2D eigenvalue weighted by Gasteiger charge is -2.03. The van der Waals surface area contributed by atoms with Gasteiger partial charge in [0.25, 0.3) is 0 Å². The summed E-state index contributed by atoms with van der Waals surface area (Å²) in [7, 11) is 1.28. The number of alkyl carbamates (subject to hydrolysis) is 1. The monoisotopic (exact) mass is 255 g/mol. The Labute approximate surface area is 105 Å². The molecule has 0 aliphatic heterocycles. The minimum Gasteiger partial charge on any atom is -0.453 e. The van der Waals surface area contributed by atoms with Gasteiger partial charge < -0.3 is 10.1 Å². The summed E-state index contributed by atoms with van der Waals surface area (Å²) in [5.41, 5.74) is 0.914. The van der Waals surface area contributed by atoms with Gasteiger partial charge in [0.05, 0.1) is 7.11 Å². The Bertz CT molecular complexity index is 389. The lowest BCUT2D eigenvalue weighted by Crippen LogP contribution is -2.26. The smallest absolute Gasteiger partial charge is 0.406 e. The van der Waals surface area contributed by atoms with E-state index in [-0.39, 0.29) is 12.2 Å². The van der Waals surface area contributed by atoms with E-state index in [1.165, 1.54) is 7.11 Å². The summed E-state index contributed by atoms with van der Waals surface area (Å²) in [6.07, 6.45) is 0.113. The third-order valence-electron chi connectivity index (χ3n) is 2.17. The van der Waals surface area contributed by atoms with Gasteiger partial charge in [-0.25, -0.2) is 4.79 Å². The second-order valence-electron chi connectivity index (χ2n) is 3.51. The van der Waals surface area contributed by atoms with Crippen LogP contribution < -0.4 is 5.32 Å². The Morgan fingerprint density at radius 3 is 2.53 bits per heavy atom. The molecule has 0 saturated heterocycles. The quantitative estimate of drug-likeness (QED) is 0.878. The van der Waals surface area contributed by atoms with Gasteiger partial charge in [-0.3, -0.25) is 4.79 Å². The molecule has 17 heavy (non-hydrogen) atoms. The van der Waals surface area contributed by atoms with Crippen LogP contribution in [0.4, 0.5) is 4.79 Å². The first-order valence-electron chi connectivity index (χ1n) is 5.20. The molecule has 0 heterocycles. The number of carbonyl (C=O) groups excluding carboxylic acids is 2. The van der Waals surface area contributed by atoms with E-state index >= 15 is 0 Å². The molecular formula is C12H14ClNO3. The Hall–Kier alpha value is -1.55. The number of amides is 1. The van der Waals surface area contributed by atoms with Crippen LogP contribution in [0, 0.1) is 0 Å². The van der Waals surface area contributed by atoms with Crippen molar-refractivity contribution in [2.45, 2.75) is 12.8 Å². The predicted molar refractivity (Wildman–Crippen MR) is 65.2 cm³/mol. The standard InChI is InChI=1S/C12H14ClNO3/c1-17-12(16)14-7-6-11(15)8-9-2-4-10(13)5-3-9/h2-5H,6-8H2,1H3,(H,14,16). The molecule has 1 rings (SSSR count). The van der Waals surface area contributed by atoms with Gasteiger partial charge in [0.2, 0.25) is 0 Å². The van der Waals surface area contributed by atoms with Crippen molar-refractivity contribution < 1.29 is 14.3 Å². The summed E-state index contributed by atoms with van der Waals surface area (Å²) in [5.74, 6) is 0.0590. The number of ketones is 1. The SMILES string of the molecule is COC(=O)NCCC(=O)Cc1ccc(Cl)cc1. The van der Waals surface area contributed by atoms with Gasteiger partial charge in [0, 0.05) is 24.4 Å². The molecule has 1 aromatic carbocycles. The molecule has 0 fully saturated rings. The Morgan fingerprint density at radius 1 is 1.29 bits per heavy atom. The van der Waals surface area contributed by atoms with Crippen molar-refractivity contribution in [3.8, 4) is 0 Å². The van der Waals surface area contributed by atoms with Crippen molar-refractivity contribution in [2.75, 3.05) is 13.7 Å². The summed E-state index contributed by atoms with van der Waals surface area (Å²) in [6.45, 7) is 0.291. The van der Waals surface area contributed by atoms with Crippen LogP contribution >= 0.6 is 11.6 Å². The largest absolute Gasteiger partial charge is 0.453 e. The number of halogens is 1. The molecule has 5 heteroatoms. The molecule has 0 aromatic heterocycles. The third kappa shape index (κ3) is 5.36. The average molecular weight is 256 g/mol. The fraction of sp³-hybridized carbons (Fsp3) is 0.333. The van der Waals surface area contributed by atoms with Crippen molar-refractivity contribution in [2.24, 2.45) is 0 Å². The van der Waals surface area contributed by atoms with Crippen LogP contribution in [0.1, 0.15) is 12.0 Å². The van der Waals surface area contributed by atoms with Crippen LogP contribution in [0.2, 0.25) is 5.02 Å². The average Bonchev–Trinajstić information content (AvgIpc) is 2.32. The lowest BCUT2D eigenvalue weighted by atomic mass is 10.1. The second-order valence-corrected chi connectivity index (χ2v) is 3.95. The van der Waals surface area contributed by atoms with E-state index in [1.54, 1.807) is 12.1 Å². The first-order chi connectivity index (χ1) is 8.11. The Morgan fingerprint density at radius 2 is 1.94 bits per heavy atom. The fourth-order valence-electron chi connectivity index (χ4n) is 1.29. The molecule has 4 nitrogen and oxygen atoms in total. The first-order valence-corrected chi connectivity index (χ1v) is 5.57. The Kier molecular flexibility index (Phi) is 5.49. The molecule has 0 aliphatic carbocycles. The van der Waals surface area contributed by atoms with E-state index < -0.39 is 6.09 Å². The van der Waals surface area contributed by atoms with E-state index in [1.807, 2.05) is 12.1 Å². The highest BCUT2D eigenvalue weighted by Gasteiger charge is 2.05. The van der Waals surface area contributed by atoms with Crippen molar-refractivity contribution >= 4 is 23.5 Å². The van der Waals surface area contributed by atoms with Crippen LogP contribution in [-0.2, 0) is 16.0 Å². The minimum absolute atomic E-state index is 0.0590. The van der Waals surface area contributed by atoms with Gasteiger partial charge in [-0.1, -0.05) is 23.7 Å². The van der Waals surface area contributed by atoms with E-state index in [2.05, 4.69) is 10.1 Å². The summed E-state index contributed by atoms with van der Waals surface area (Å²) in [6, 6.07) is 7.12. The Balaban J connectivity index is 2.30. The molecule has 1 aromatic rings. The first kappa shape index (κ1) is 13.5. The lowest BCUT2D eigenvalue weighted by molar-refractivity contribution is -0.118. The van der Waals surface area contributed by atoms with Crippen molar-refractivity contribution in [3.63, 3.8) is 0 Å². The normalized spacial score (nSPS) is 9.76. The molecule has 0 radical (unpaired) electrons. The molecule has 0 saturated carbocycles. The number of hydrogen-bond acceptors (Lipinski definition) is 3. The number of Topliss-reactive ketones (excluding diaryl/α,β-unsaturated/α-hetero) is 1. The zero-order chi connectivity index (χ0) is 12.7. The zero-order valence-electron chi connectivity index (χ0n) is 9.53. The fourth-order valence-corrected chi connectivity index (χ4v) is 1.42. The molecule has 92 valence electrons. The van der Waals surface area contributed by atoms with E-state index in [0.29, 0.717) is 18.0 Å². The van der Waals surface area contributed by atoms with Gasteiger partial charge in [-0.2, -0.15) is 0 Å². The van der Waals surface area contributed by atoms with Gasteiger partial charge in [0.15, 0.2) is 0 Å². The maximum Gasteiger partial charge on any atom is 0.406 e. The van der Waals surface area contributed by atoms with Crippen molar-refractivity contribution in [1.82, 2.24) is 5.32 Å². The van der Waals surface area contributed by atoms with Crippen LogP contribution in [0.15, 0.2) is 24.3 Å². The number of nitrogens with one attached hydrogen (secondary N) is 1. The van der Waals surface area contributed by atoms with E-state index in [4.69, 9.17) is 11.6 Å². The van der Waals surface area contributed by atoms with Crippen LogP contribution in [0.5, 0.6) is 0 Å². The summed E-state index contributed by atoms with van der Waals surface area (Å²) < 4.78 is 4.39. The maximum atomic E-state index is 11.5. The van der Waals surface area contributed by atoms with Crippen LogP contribution in [0.3, 0.4) is 0 Å². The molecule has 0 bridgehead atoms. The number of methoxy groups -OCH3 is 1. The molecule has 1 N–H and O–H groups in total. The predicted octanol–water partition coefficient (Wildman–Crippen LogP) is 2.20. The zero-order valence-corrected chi connectivity index (χ0v) is 10.3. The topological polar surface area (TPSA) is 55.4 Å². The number of rotatable bonds is 5. The molecular weight excluding hydrogens is 242 g/mol. The van der Waals surface area contributed by atoms with Crippen molar-refractivity contribution in [3.05, 3.63) is 34.9 Å². The highest BCUT2D eigenvalue weighted by Crippen LogP contribution is 2.10. The molecule has 0 unspecified atom stereocenters. The van der Waals surface area contributed by atoms with Crippen molar-refractivity contribution in [1.29, 1.82) is 0 Å². The number of carbonyl (C=O) groups is 2. The number of ether oxygens (including phenoxy) is 1. The molecule has 1 amide bonds. The molecule has 0 spiro atoms. The minimum atomic E-state index is -0.524. The van der Waals surface area contributed by atoms with E-state index in [0.717, 1.165) is 5.56 Å². The maximum absolute atomic E-state index is 11.5.